The van der Waals surface area contributed by atoms with Crippen molar-refractivity contribution in [3.05, 3.63) is 52.1 Å². The fraction of sp³-hybridized carbons (Fsp3) is 0.133. The minimum atomic E-state index is -0.971. The highest BCUT2D eigenvalue weighted by Gasteiger charge is 2.12. The Morgan fingerprint density at radius 1 is 1.05 bits per heavy atom. The normalized spacial score (nSPS) is 11.9. The zero-order valence-electron chi connectivity index (χ0n) is 10.3. The lowest BCUT2D eigenvalue weighted by Crippen LogP contribution is -2.22. The Bertz CT molecular complexity index is 561. The average molecular weight is 368 g/mol. The monoisotopic (exact) mass is 368 g/mol. The van der Waals surface area contributed by atoms with Gasteiger partial charge in [-0.3, -0.25) is 0 Å². The first kappa shape index (κ1) is 13.9. The highest BCUT2D eigenvalue weighted by atomic mass is 127. The fourth-order valence-corrected chi connectivity index (χ4v) is 1.98. The van der Waals surface area contributed by atoms with E-state index in [1.165, 1.54) is 10.5 Å². The van der Waals surface area contributed by atoms with Gasteiger partial charge in [-0.05, 0) is 64.9 Å². The van der Waals surface area contributed by atoms with Crippen LogP contribution in [0.2, 0.25) is 0 Å². The topological polar surface area (TPSA) is 46.5 Å². The summed E-state index contributed by atoms with van der Waals surface area (Å²) in [6.07, 6.45) is -0.843. The number of rotatable bonds is 4. The minimum Gasteiger partial charge on any atom is -0.479 e. The summed E-state index contributed by atoms with van der Waals surface area (Å²) in [5.41, 5.74) is 2.20. The molecule has 2 rings (SSSR count). The molecule has 19 heavy (non-hydrogen) atoms. The van der Waals surface area contributed by atoms with Crippen LogP contribution in [0.5, 0.6) is 5.75 Å². The standard InChI is InChI=1S/C15H13IO3/c1-10(15(17)18)19-14-8-4-12(5-9-14)11-2-6-13(16)7-3-11/h2-10H,1H3,(H,17,18)/t10-/m1/s1. The van der Waals surface area contributed by atoms with Crippen molar-refractivity contribution in [1.29, 1.82) is 0 Å². The van der Waals surface area contributed by atoms with Crippen LogP contribution in [-0.4, -0.2) is 17.2 Å². The first-order chi connectivity index (χ1) is 9.06. The van der Waals surface area contributed by atoms with Gasteiger partial charge in [-0.2, -0.15) is 0 Å². The van der Waals surface area contributed by atoms with Gasteiger partial charge in [-0.25, -0.2) is 4.79 Å². The Morgan fingerprint density at radius 2 is 1.53 bits per heavy atom. The average Bonchev–Trinajstić information content (AvgIpc) is 2.40. The van der Waals surface area contributed by atoms with Crippen molar-refractivity contribution in [2.24, 2.45) is 0 Å². The summed E-state index contributed by atoms with van der Waals surface area (Å²) in [4.78, 5) is 10.7. The number of carboxylic acids is 1. The summed E-state index contributed by atoms with van der Waals surface area (Å²) < 4.78 is 6.48. The van der Waals surface area contributed by atoms with E-state index in [2.05, 4.69) is 34.7 Å². The largest absolute Gasteiger partial charge is 0.479 e. The smallest absolute Gasteiger partial charge is 0.344 e. The zero-order chi connectivity index (χ0) is 13.8. The van der Waals surface area contributed by atoms with Gasteiger partial charge < -0.3 is 9.84 Å². The molecule has 0 heterocycles. The minimum absolute atomic E-state index is 0.559. The van der Waals surface area contributed by atoms with Gasteiger partial charge in [0.05, 0.1) is 0 Å². The molecule has 0 saturated heterocycles. The summed E-state index contributed by atoms with van der Waals surface area (Å²) in [6.45, 7) is 1.51. The third-order valence-electron chi connectivity index (χ3n) is 2.69. The Morgan fingerprint density at radius 3 is 2.00 bits per heavy atom. The van der Waals surface area contributed by atoms with Gasteiger partial charge in [0, 0.05) is 3.57 Å². The van der Waals surface area contributed by atoms with E-state index in [9.17, 15) is 4.79 Å². The fourth-order valence-electron chi connectivity index (χ4n) is 1.62. The summed E-state index contributed by atoms with van der Waals surface area (Å²) in [5.74, 6) is -0.411. The molecule has 0 aromatic heterocycles. The second-order valence-corrected chi connectivity index (χ2v) is 5.38. The van der Waals surface area contributed by atoms with Crippen LogP contribution >= 0.6 is 22.6 Å². The molecule has 0 unspecified atom stereocenters. The van der Waals surface area contributed by atoms with Crippen LogP contribution in [0.15, 0.2) is 48.5 Å². The zero-order valence-corrected chi connectivity index (χ0v) is 12.5. The van der Waals surface area contributed by atoms with Crippen molar-refractivity contribution < 1.29 is 14.6 Å². The lowest BCUT2D eigenvalue weighted by Gasteiger charge is -2.10. The number of hydrogen-bond donors (Lipinski definition) is 1. The van der Waals surface area contributed by atoms with Gasteiger partial charge in [-0.1, -0.05) is 24.3 Å². The molecular weight excluding hydrogens is 355 g/mol. The molecule has 3 nitrogen and oxygen atoms in total. The molecule has 0 saturated carbocycles. The van der Waals surface area contributed by atoms with Gasteiger partial charge in [0.2, 0.25) is 0 Å². The molecule has 1 atom stereocenters. The lowest BCUT2D eigenvalue weighted by atomic mass is 10.1. The van der Waals surface area contributed by atoms with Crippen LogP contribution in [0.25, 0.3) is 11.1 Å². The van der Waals surface area contributed by atoms with Crippen LogP contribution in [0.1, 0.15) is 6.92 Å². The number of benzene rings is 2. The predicted octanol–water partition coefficient (Wildman–Crippen LogP) is 3.81. The number of hydrogen-bond acceptors (Lipinski definition) is 2. The molecule has 0 spiro atoms. The molecule has 98 valence electrons. The summed E-state index contributed by atoms with van der Waals surface area (Å²) >= 11 is 2.26. The first-order valence-electron chi connectivity index (χ1n) is 5.82. The third-order valence-corrected chi connectivity index (χ3v) is 3.41. The van der Waals surface area contributed by atoms with Gasteiger partial charge >= 0.3 is 5.97 Å². The van der Waals surface area contributed by atoms with E-state index in [0.717, 1.165) is 11.1 Å². The molecule has 0 amide bonds. The molecule has 0 bridgehead atoms. The van der Waals surface area contributed by atoms with Crippen molar-refractivity contribution in [1.82, 2.24) is 0 Å². The van der Waals surface area contributed by atoms with Gasteiger partial charge in [0.15, 0.2) is 6.10 Å². The predicted molar refractivity (Wildman–Crippen MR) is 82.3 cm³/mol. The van der Waals surface area contributed by atoms with Crippen LogP contribution in [0.3, 0.4) is 0 Å². The Labute approximate surface area is 125 Å². The summed E-state index contributed by atoms with van der Waals surface area (Å²) in [5, 5.41) is 8.78. The van der Waals surface area contributed by atoms with E-state index in [-0.39, 0.29) is 0 Å². The maximum Gasteiger partial charge on any atom is 0.344 e. The van der Waals surface area contributed by atoms with E-state index < -0.39 is 12.1 Å². The summed E-state index contributed by atoms with van der Waals surface area (Å²) in [7, 11) is 0. The quantitative estimate of drug-likeness (QED) is 0.835. The molecule has 0 aliphatic carbocycles. The maximum absolute atomic E-state index is 10.7. The highest BCUT2D eigenvalue weighted by Crippen LogP contribution is 2.23. The van der Waals surface area contributed by atoms with Crippen molar-refractivity contribution in [2.45, 2.75) is 13.0 Å². The molecule has 1 N–H and O–H groups in total. The Hall–Kier alpha value is -1.56. The molecule has 0 radical (unpaired) electrons. The number of halogens is 1. The van der Waals surface area contributed by atoms with Gasteiger partial charge in [-0.15, -0.1) is 0 Å². The van der Waals surface area contributed by atoms with Crippen molar-refractivity contribution in [2.75, 3.05) is 0 Å². The number of carbonyl (C=O) groups is 1. The molecular formula is C15H13IO3. The molecule has 2 aromatic rings. The molecule has 0 fully saturated rings. The van der Waals surface area contributed by atoms with E-state index in [4.69, 9.17) is 9.84 Å². The SMILES string of the molecule is C[C@@H](Oc1ccc(-c2ccc(I)cc2)cc1)C(=O)O. The van der Waals surface area contributed by atoms with E-state index in [0.29, 0.717) is 5.75 Å². The van der Waals surface area contributed by atoms with E-state index in [1.807, 2.05) is 24.3 Å². The van der Waals surface area contributed by atoms with E-state index >= 15 is 0 Å². The molecule has 2 aromatic carbocycles. The van der Waals surface area contributed by atoms with Crippen molar-refractivity contribution in [3.8, 4) is 16.9 Å². The van der Waals surface area contributed by atoms with Gasteiger partial charge in [0.25, 0.3) is 0 Å². The second-order valence-electron chi connectivity index (χ2n) is 4.13. The lowest BCUT2D eigenvalue weighted by molar-refractivity contribution is -0.144. The van der Waals surface area contributed by atoms with Crippen LogP contribution in [0.4, 0.5) is 0 Å². The molecule has 4 heteroatoms. The van der Waals surface area contributed by atoms with E-state index in [1.54, 1.807) is 12.1 Å². The second kappa shape index (κ2) is 6.06. The van der Waals surface area contributed by atoms with Crippen LogP contribution < -0.4 is 4.74 Å². The molecule has 0 aliphatic rings. The van der Waals surface area contributed by atoms with Crippen LogP contribution in [-0.2, 0) is 4.79 Å². The maximum atomic E-state index is 10.7. The van der Waals surface area contributed by atoms with Crippen molar-refractivity contribution in [3.63, 3.8) is 0 Å². The number of ether oxygens (including phenoxy) is 1. The Balaban J connectivity index is 2.14. The first-order valence-corrected chi connectivity index (χ1v) is 6.89. The van der Waals surface area contributed by atoms with Crippen molar-refractivity contribution >= 4 is 28.6 Å². The molecule has 0 aliphatic heterocycles. The van der Waals surface area contributed by atoms with Crippen LogP contribution in [0, 0.1) is 3.57 Å². The Kier molecular flexibility index (Phi) is 4.42. The third kappa shape index (κ3) is 3.70. The van der Waals surface area contributed by atoms with Gasteiger partial charge in [0.1, 0.15) is 5.75 Å². The highest BCUT2D eigenvalue weighted by molar-refractivity contribution is 14.1. The number of carboxylic acid groups (broad SMARTS) is 1. The summed E-state index contributed by atoms with van der Waals surface area (Å²) in [6, 6.07) is 15.6. The number of aliphatic carboxylic acids is 1.